The van der Waals surface area contributed by atoms with Gasteiger partial charge in [0.1, 0.15) is 35.2 Å². The summed E-state index contributed by atoms with van der Waals surface area (Å²) >= 11 is 0. The maximum Gasteiger partial charge on any atom is 0.351 e. The second kappa shape index (κ2) is 18.3. The minimum Gasteiger partial charge on any atom is -0.497 e. The molecule has 3 fully saturated rings. The molecule has 13 heteroatoms. The molecule has 3 aliphatic heterocycles. The van der Waals surface area contributed by atoms with E-state index >= 15 is 0 Å². The lowest BCUT2D eigenvalue weighted by atomic mass is 9.80. The van der Waals surface area contributed by atoms with Crippen molar-refractivity contribution in [2.45, 2.75) is 56.1 Å². The number of hydrogen-bond donors (Lipinski definition) is 1. The molecule has 1 aromatic heterocycles. The zero-order valence-electron chi connectivity index (χ0n) is 32.9. The van der Waals surface area contributed by atoms with Crippen LogP contribution in [0.3, 0.4) is 0 Å². The second-order valence-corrected chi connectivity index (χ2v) is 16.6. The maximum absolute atomic E-state index is 13.7. The van der Waals surface area contributed by atoms with Crippen molar-refractivity contribution in [2.75, 3.05) is 52.3 Å². The standard InChI is InChI=1S/C45H50N5O7P/c1-53-37-21-17-35(18-22-37)45(34-15-7-4-8-16-34,36-19-23-38(54-2)24-20-36)55-32-40-39(57-58(48-26-9-10-27-48)49-28-11-12-29-49)31-42(56-40)50-30-25-41(47-44(50)52)46-43(51)33-13-5-3-6-14-33/h3-8,13-25,30,39-40,42H,9-12,26-29,31-32H2,1-2H3,(H,46,47,51,52)/t39-,40+,42+/m0/s1. The Hall–Kier alpha value is -4.94. The fourth-order valence-electron chi connectivity index (χ4n) is 8.07. The summed E-state index contributed by atoms with van der Waals surface area (Å²) in [6.45, 7) is 4.11. The normalized spacial score (nSPS) is 20.1. The molecule has 58 heavy (non-hydrogen) atoms. The van der Waals surface area contributed by atoms with E-state index in [1.807, 2.05) is 72.8 Å². The molecule has 4 aromatic carbocycles. The van der Waals surface area contributed by atoms with E-state index in [1.54, 1.807) is 50.7 Å². The summed E-state index contributed by atoms with van der Waals surface area (Å²) in [7, 11) is 2.25. The minimum atomic E-state index is -1.07. The van der Waals surface area contributed by atoms with Crippen molar-refractivity contribution in [3.05, 3.63) is 154 Å². The summed E-state index contributed by atoms with van der Waals surface area (Å²) in [4.78, 5) is 30.8. The number of nitrogens with zero attached hydrogens (tertiary/aromatic N) is 4. The number of hydrogen-bond acceptors (Lipinski definition) is 10. The Labute approximate surface area is 340 Å². The molecule has 0 aliphatic carbocycles. The monoisotopic (exact) mass is 803 g/mol. The number of amides is 1. The molecule has 3 saturated heterocycles. The van der Waals surface area contributed by atoms with Crippen LogP contribution in [-0.4, -0.2) is 84.0 Å². The van der Waals surface area contributed by atoms with Gasteiger partial charge < -0.3 is 28.8 Å². The lowest BCUT2D eigenvalue weighted by Crippen LogP contribution is -2.39. The molecule has 0 unspecified atom stereocenters. The van der Waals surface area contributed by atoms with E-state index in [1.165, 1.54) is 4.57 Å². The molecular weight excluding hydrogens is 753 g/mol. The van der Waals surface area contributed by atoms with E-state index < -0.39 is 38.2 Å². The predicted molar refractivity (Wildman–Crippen MR) is 223 cm³/mol. The van der Waals surface area contributed by atoms with Crippen LogP contribution in [0, 0.1) is 0 Å². The molecule has 0 saturated carbocycles. The number of aromatic nitrogens is 2. The zero-order valence-corrected chi connectivity index (χ0v) is 33.8. The van der Waals surface area contributed by atoms with Crippen molar-refractivity contribution in [3.8, 4) is 11.5 Å². The summed E-state index contributed by atoms with van der Waals surface area (Å²) in [5.74, 6) is 1.29. The van der Waals surface area contributed by atoms with Crippen LogP contribution in [0.15, 0.2) is 126 Å². The third-order valence-corrected chi connectivity index (χ3v) is 13.3. The first-order valence-electron chi connectivity index (χ1n) is 20.0. The number of benzene rings is 4. The number of carbonyl (C=O) groups is 1. The molecule has 0 bridgehead atoms. The van der Waals surface area contributed by atoms with Gasteiger partial charge in [0.2, 0.25) is 0 Å². The molecule has 302 valence electrons. The molecule has 8 rings (SSSR count). The third-order valence-electron chi connectivity index (χ3n) is 11.1. The van der Waals surface area contributed by atoms with Gasteiger partial charge in [-0.05, 0) is 84.8 Å². The Morgan fingerprint density at radius 3 is 1.83 bits per heavy atom. The van der Waals surface area contributed by atoms with E-state index in [2.05, 4.69) is 31.8 Å². The van der Waals surface area contributed by atoms with Crippen LogP contribution >= 0.6 is 8.45 Å². The Morgan fingerprint density at radius 1 is 0.759 bits per heavy atom. The summed E-state index contributed by atoms with van der Waals surface area (Å²) in [6.07, 6.45) is 4.98. The van der Waals surface area contributed by atoms with Crippen molar-refractivity contribution < 1.29 is 28.3 Å². The topological polar surface area (TPSA) is 117 Å². The van der Waals surface area contributed by atoms with Gasteiger partial charge in [-0.1, -0.05) is 72.8 Å². The Bertz CT molecular complexity index is 2100. The lowest BCUT2D eigenvalue weighted by Gasteiger charge is -2.38. The van der Waals surface area contributed by atoms with Crippen LogP contribution in [0.2, 0.25) is 0 Å². The van der Waals surface area contributed by atoms with Gasteiger partial charge in [0.15, 0.2) is 8.45 Å². The van der Waals surface area contributed by atoms with Crippen molar-refractivity contribution in [2.24, 2.45) is 0 Å². The van der Waals surface area contributed by atoms with Crippen molar-refractivity contribution in [1.82, 2.24) is 18.9 Å². The van der Waals surface area contributed by atoms with Gasteiger partial charge in [-0.2, -0.15) is 4.98 Å². The molecule has 4 heterocycles. The van der Waals surface area contributed by atoms with Crippen LogP contribution in [0.5, 0.6) is 11.5 Å². The highest BCUT2D eigenvalue weighted by Crippen LogP contribution is 2.53. The van der Waals surface area contributed by atoms with Crippen LogP contribution in [0.1, 0.15) is 65.4 Å². The second-order valence-electron chi connectivity index (χ2n) is 14.7. The first kappa shape index (κ1) is 39.9. The highest BCUT2D eigenvalue weighted by Gasteiger charge is 2.45. The van der Waals surface area contributed by atoms with Crippen molar-refractivity contribution in [3.63, 3.8) is 0 Å². The average molecular weight is 804 g/mol. The molecule has 12 nitrogen and oxygen atoms in total. The number of nitrogens with one attached hydrogen (secondary N) is 1. The van der Waals surface area contributed by atoms with Gasteiger partial charge in [0, 0.05) is 44.4 Å². The molecule has 1 amide bonds. The van der Waals surface area contributed by atoms with Crippen LogP contribution in [-0.2, 0) is 19.6 Å². The lowest BCUT2D eigenvalue weighted by molar-refractivity contribution is -0.0917. The Balaban J connectivity index is 1.14. The SMILES string of the molecule is COc1ccc(C(OC[C@H]2O[C@@H](n3ccc(NC(=O)c4ccccc4)nc3=O)C[C@@H]2OP(N2CCCC2)N2CCCC2)(c2ccccc2)c2ccc(OC)cc2)cc1. The van der Waals surface area contributed by atoms with Crippen molar-refractivity contribution in [1.29, 1.82) is 0 Å². The molecule has 5 aromatic rings. The fraction of sp³-hybridized carbons (Fsp3) is 0.356. The van der Waals surface area contributed by atoms with E-state index in [0.717, 1.165) is 80.1 Å². The summed E-state index contributed by atoms with van der Waals surface area (Å²) in [6, 6.07) is 36.5. The highest BCUT2D eigenvalue weighted by molar-refractivity contribution is 7.47. The van der Waals surface area contributed by atoms with Gasteiger partial charge in [0.05, 0.1) is 26.9 Å². The van der Waals surface area contributed by atoms with Gasteiger partial charge in [-0.25, -0.2) is 14.1 Å². The highest BCUT2D eigenvalue weighted by atomic mass is 31.2. The molecule has 0 radical (unpaired) electrons. The summed E-state index contributed by atoms with van der Waals surface area (Å²) < 4.78 is 39.0. The van der Waals surface area contributed by atoms with Crippen molar-refractivity contribution >= 4 is 20.2 Å². The average Bonchev–Trinajstić information content (AvgIpc) is 4.08. The minimum absolute atomic E-state index is 0.144. The van der Waals surface area contributed by atoms with E-state index in [-0.39, 0.29) is 18.3 Å². The van der Waals surface area contributed by atoms with Gasteiger partial charge >= 0.3 is 5.69 Å². The number of ether oxygens (including phenoxy) is 4. The predicted octanol–water partition coefficient (Wildman–Crippen LogP) is 7.61. The first-order valence-corrected chi connectivity index (χ1v) is 21.2. The van der Waals surface area contributed by atoms with Gasteiger partial charge in [0.25, 0.3) is 5.91 Å². The quantitative estimate of drug-likeness (QED) is 0.0838. The van der Waals surface area contributed by atoms with Crippen LogP contribution < -0.4 is 20.5 Å². The molecule has 3 aliphatic rings. The summed E-state index contributed by atoms with van der Waals surface area (Å²) in [5.41, 5.74) is 1.61. The zero-order chi connectivity index (χ0) is 39.9. The molecule has 3 atom stereocenters. The fourth-order valence-corrected chi connectivity index (χ4v) is 10.4. The van der Waals surface area contributed by atoms with Crippen LogP contribution in [0.4, 0.5) is 5.82 Å². The summed E-state index contributed by atoms with van der Waals surface area (Å²) in [5, 5.41) is 2.75. The number of rotatable bonds is 15. The molecular formula is C45H50N5O7P. The molecule has 1 N–H and O–H groups in total. The van der Waals surface area contributed by atoms with Crippen LogP contribution in [0.25, 0.3) is 0 Å². The van der Waals surface area contributed by atoms with E-state index in [0.29, 0.717) is 12.0 Å². The largest absolute Gasteiger partial charge is 0.497 e. The smallest absolute Gasteiger partial charge is 0.351 e. The Morgan fingerprint density at radius 2 is 1.29 bits per heavy atom. The number of anilines is 1. The number of carbonyl (C=O) groups excluding carboxylic acids is 1. The number of methoxy groups -OCH3 is 2. The Kier molecular flexibility index (Phi) is 12.6. The van der Waals surface area contributed by atoms with Gasteiger partial charge in [-0.15, -0.1) is 0 Å². The molecule has 0 spiro atoms. The van der Waals surface area contributed by atoms with E-state index in [9.17, 15) is 9.59 Å². The third kappa shape index (κ3) is 8.59. The first-order chi connectivity index (χ1) is 28.4. The van der Waals surface area contributed by atoms with E-state index in [4.69, 9.17) is 23.5 Å². The maximum atomic E-state index is 13.7. The van der Waals surface area contributed by atoms with Gasteiger partial charge in [-0.3, -0.25) is 9.36 Å².